The first-order valence-electron chi connectivity index (χ1n) is 8.28. The first kappa shape index (κ1) is 18.7. The number of aromatic nitrogens is 3. The van der Waals surface area contributed by atoms with Crippen LogP contribution in [0.1, 0.15) is 40.9 Å². The number of nitrogens with two attached hydrogens (primary N) is 1. The van der Waals surface area contributed by atoms with Crippen LogP contribution in [0.25, 0.3) is 0 Å². The lowest BCUT2D eigenvalue weighted by Crippen LogP contribution is -2.38. The van der Waals surface area contributed by atoms with E-state index in [1.165, 1.54) is 35.5 Å². The van der Waals surface area contributed by atoms with Gasteiger partial charge in [-0.05, 0) is 30.2 Å². The number of nitrogens with zero attached hydrogens (tertiary/aromatic N) is 3. The van der Waals surface area contributed by atoms with Gasteiger partial charge in [0.2, 0.25) is 5.91 Å². The molecule has 2 atom stereocenters. The molecule has 0 saturated carbocycles. The van der Waals surface area contributed by atoms with E-state index in [2.05, 4.69) is 10.1 Å². The van der Waals surface area contributed by atoms with Crippen molar-refractivity contribution in [2.24, 2.45) is 5.73 Å². The summed E-state index contributed by atoms with van der Waals surface area (Å²) in [5.41, 5.74) is 4.31. The van der Waals surface area contributed by atoms with E-state index in [0.717, 1.165) is 12.1 Å². The summed E-state index contributed by atoms with van der Waals surface area (Å²) in [5, 5.41) is 15.6. The Hall–Kier alpha value is -3.13. The molecule has 140 valence electrons. The highest BCUT2D eigenvalue weighted by atomic mass is 19.1. The van der Waals surface area contributed by atoms with Crippen LogP contribution in [0.3, 0.4) is 0 Å². The molecule has 0 fully saturated rings. The fourth-order valence-electron chi connectivity index (χ4n) is 3.20. The van der Waals surface area contributed by atoms with Gasteiger partial charge in [0.05, 0.1) is 0 Å². The number of benzene rings is 2. The zero-order valence-electron chi connectivity index (χ0n) is 14.5. The smallest absolute Gasteiger partial charge is 0.248 e. The lowest BCUT2D eigenvalue weighted by atomic mass is 9.80. The number of hydrogen-bond acceptors (Lipinski definition) is 4. The number of primary amides is 1. The van der Waals surface area contributed by atoms with Crippen molar-refractivity contribution in [1.29, 1.82) is 0 Å². The number of aliphatic hydroxyl groups is 1. The van der Waals surface area contributed by atoms with Crippen molar-refractivity contribution >= 4 is 5.91 Å². The molecule has 0 spiro atoms. The van der Waals surface area contributed by atoms with Gasteiger partial charge in [-0.1, -0.05) is 25.1 Å². The molecular formula is C19H18F2N4O2. The van der Waals surface area contributed by atoms with Gasteiger partial charge in [0.15, 0.2) is 0 Å². The van der Waals surface area contributed by atoms with Gasteiger partial charge in [-0.2, -0.15) is 5.10 Å². The second-order valence-electron chi connectivity index (χ2n) is 6.17. The molecular weight excluding hydrogens is 354 g/mol. The Bertz CT molecular complexity index is 945. The fourth-order valence-corrected chi connectivity index (χ4v) is 3.20. The summed E-state index contributed by atoms with van der Waals surface area (Å²) in [7, 11) is 0. The maximum Gasteiger partial charge on any atom is 0.248 e. The van der Waals surface area contributed by atoms with Crippen LogP contribution in [-0.2, 0) is 5.60 Å². The van der Waals surface area contributed by atoms with Gasteiger partial charge in [-0.3, -0.25) is 4.79 Å². The average Bonchev–Trinajstić information content (AvgIpc) is 3.16. The first-order chi connectivity index (χ1) is 12.9. The van der Waals surface area contributed by atoms with Crippen molar-refractivity contribution in [3.8, 4) is 0 Å². The standard InChI is InChI=1S/C19H18F2N4O2/c1-2-19(27,15-8-7-14(20)9-16(15)21)17(25-11-23-10-24-25)12-3-5-13(6-4-12)18(22)26/h3-11,17,27H,2H2,1H3,(H2,22,26). The van der Waals surface area contributed by atoms with Crippen LogP contribution in [0, 0.1) is 11.6 Å². The number of carbonyl (C=O) groups is 1. The molecule has 0 aliphatic heterocycles. The van der Waals surface area contributed by atoms with E-state index in [1.54, 1.807) is 19.1 Å². The minimum Gasteiger partial charge on any atom is -0.382 e. The lowest BCUT2D eigenvalue weighted by molar-refractivity contribution is -0.0142. The highest BCUT2D eigenvalue weighted by Gasteiger charge is 2.42. The molecule has 1 amide bonds. The van der Waals surface area contributed by atoms with Gasteiger partial charge >= 0.3 is 0 Å². The predicted molar refractivity (Wildman–Crippen MR) is 93.7 cm³/mol. The summed E-state index contributed by atoms with van der Waals surface area (Å²) < 4.78 is 29.3. The van der Waals surface area contributed by atoms with E-state index in [1.807, 2.05) is 0 Å². The van der Waals surface area contributed by atoms with Gasteiger partial charge in [0, 0.05) is 17.2 Å². The zero-order chi connectivity index (χ0) is 19.6. The molecule has 3 aromatic rings. The van der Waals surface area contributed by atoms with Crippen molar-refractivity contribution in [1.82, 2.24) is 14.8 Å². The van der Waals surface area contributed by atoms with Crippen LogP contribution < -0.4 is 5.73 Å². The Kier molecular flexibility index (Phi) is 5.00. The minimum atomic E-state index is -1.75. The monoisotopic (exact) mass is 372 g/mol. The van der Waals surface area contributed by atoms with E-state index >= 15 is 0 Å². The van der Waals surface area contributed by atoms with Crippen molar-refractivity contribution in [3.63, 3.8) is 0 Å². The fraction of sp³-hybridized carbons (Fsp3) is 0.211. The van der Waals surface area contributed by atoms with Crippen LogP contribution in [0.2, 0.25) is 0 Å². The number of carbonyl (C=O) groups excluding carboxylic acids is 1. The van der Waals surface area contributed by atoms with E-state index in [0.29, 0.717) is 11.1 Å². The molecule has 2 unspecified atom stereocenters. The Morgan fingerprint density at radius 3 is 2.48 bits per heavy atom. The van der Waals surface area contributed by atoms with E-state index < -0.39 is 29.2 Å². The summed E-state index contributed by atoms with van der Waals surface area (Å²) in [6, 6.07) is 8.40. The molecule has 3 N–H and O–H groups in total. The largest absolute Gasteiger partial charge is 0.382 e. The third-order valence-corrected chi connectivity index (χ3v) is 4.60. The molecule has 8 heteroatoms. The number of hydrogen-bond donors (Lipinski definition) is 2. The molecule has 2 aromatic carbocycles. The molecule has 27 heavy (non-hydrogen) atoms. The number of rotatable bonds is 6. The molecule has 6 nitrogen and oxygen atoms in total. The van der Waals surface area contributed by atoms with Crippen molar-refractivity contribution in [2.75, 3.05) is 0 Å². The van der Waals surface area contributed by atoms with Crippen LogP contribution in [0.5, 0.6) is 0 Å². The molecule has 1 aromatic heterocycles. The van der Waals surface area contributed by atoms with Gasteiger partial charge < -0.3 is 10.8 Å². The summed E-state index contributed by atoms with van der Waals surface area (Å²) in [6.07, 6.45) is 2.80. The van der Waals surface area contributed by atoms with Crippen LogP contribution in [0.4, 0.5) is 8.78 Å². The van der Waals surface area contributed by atoms with Gasteiger partial charge in [0.25, 0.3) is 0 Å². The molecule has 3 rings (SSSR count). The van der Waals surface area contributed by atoms with Crippen molar-refractivity contribution in [3.05, 3.63) is 83.4 Å². The highest BCUT2D eigenvalue weighted by Crippen LogP contribution is 2.41. The van der Waals surface area contributed by atoms with Crippen LogP contribution in [0.15, 0.2) is 55.1 Å². The SMILES string of the molecule is CCC(O)(c1ccc(F)cc1F)C(c1ccc(C(N)=O)cc1)n1cncn1. The Morgan fingerprint density at radius 1 is 1.26 bits per heavy atom. The Morgan fingerprint density at radius 2 is 1.96 bits per heavy atom. The minimum absolute atomic E-state index is 0.0640. The topological polar surface area (TPSA) is 94.0 Å². The molecule has 0 bridgehead atoms. The average molecular weight is 372 g/mol. The maximum atomic E-state index is 14.5. The van der Waals surface area contributed by atoms with E-state index in [-0.39, 0.29) is 12.0 Å². The molecule has 0 saturated heterocycles. The van der Waals surface area contributed by atoms with E-state index in [9.17, 15) is 18.7 Å². The van der Waals surface area contributed by atoms with Gasteiger partial charge in [-0.25, -0.2) is 18.4 Å². The van der Waals surface area contributed by atoms with Gasteiger partial charge in [-0.15, -0.1) is 0 Å². The quantitative estimate of drug-likeness (QED) is 0.695. The number of halogens is 2. The summed E-state index contributed by atoms with van der Waals surface area (Å²) >= 11 is 0. The molecule has 0 aliphatic carbocycles. The number of amides is 1. The van der Waals surface area contributed by atoms with Crippen molar-refractivity contribution in [2.45, 2.75) is 25.0 Å². The van der Waals surface area contributed by atoms with Gasteiger partial charge in [0.1, 0.15) is 35.9 Å². The Balaban J connectivity index is 2.18. The third-order valence-electron chi connectivity index (χ3n) is 4.60. The molecule has 0 aliphatic rings. The third kappa shape index (κ3) is 3.43. The van der Waals surface area contributed by atoms with Crippen molar-refractivity contribution < 1.29 is 18.7 Å². The summed E-state index contributed by atoms with van der Waals surface area (Å²) in [6.45, 7) is 1.69. The first-order valence-corrected chi connectivity index (χ1v) is 8.28. The van der Waals surface area contributed by atoms with Crippen LogP contribution >= 0.6 is 0 Å². The maximum absolute atomic E-state index is 14.5. The summed E-state index contributed by atoms with van der Waals surface area (Å²) in [5.74, 6) is -2.19. The molecule has 1 heterocycles. The lowest BCUT2D eigenvalue weighted by Gasteiger charge is -2.36. The van der Waals surface area contributed by atoms with Crippen LogP contribution in [-0.4, -0.2) is 25.8 Å². The second kappa shape index (κ2) is 7.24. The highest BCUT2D eigenvalue weighted by molar-refractivity contribution is 5.92. The normalized spacial score (nSPS) is 14.5. The van der Waals surface area contributed by atoms with E-state index in [4.69, 9.17) is 5.73 Å². The second-order valence-corrected chi connectivity index (χ2v) is 6.17. The molecule has 0 radical (unpaired) electrons. The zero-order valence-corrected chi connectivity index (χ0v) is 14.5. The Labute approximate surface area is 154 Å². The predicted octanol–water partition coefficient (Wildman–Crippen LogP) is 2.54. The summed E-state index contributed by atoms with van der Waals surface area (Å²) in [4.78, 5) is 15.2.